The summed E-state index contributed by atoms with van der Waals surface area (Å²) in [5.41, 5.74) is 0. The summed E-state index contributed by atoms with van der Waals surface area (Å²) in [6.45, 7) is 0. The molecule has 118 valence electrons. The lowest BCUT2D eigenvalue weighted by Gasteiger charge is -2.33. The van der Waals surface area contributed by atoms with Crippen LogP contribution in [-0.4, -0.2) is 37.5 Å². The van der Waals surface area contributed by atoms with Gasteiger partial charge in [0.2, 0.25) is 0 Å². The van der Waals surface area contributed by atoms with Crippen molar-refractivity contribution in [2.45, 2.75) is 19.6 Å². The van der Waals surface area contributed by atoms with Crippen LogP contribution in [0.25, 0.3) is 0 Å². The van der Waals surface area contributed by atoms with Gasteiger partial charge < -0.3 is 0 Å². The number of hydrogen-bond acceptors (Lipinski definition) is 0. The van der Waals surface area contributed by atoms with E-state index in [1.54, 1.807) is 0 Å². The lowest BCUT2D eigenvalue weighted by atomic mass is 10.4. The first-order chi connectivity index (χ1) is 9.82. The zero-order valence-electron chi connectivity index (χ0n) is 13.9. The van der Waals surface area contributed by atoms with Gasteiger partial charge in [-0.2, -0.15) is 10.0 Å². The second kappa shape index (κ2) is 6.72. The van der Waals surface area contributed by atoms with Gasteiger partial charge in [-0.05, 0) is 106 Å². The van der Waals surface area contributed by atoms with Gasteiger partial charge in [0.25, 0.3) is 0 Å². The molecule has 2 aromatic rings. The van der Waals surface area contributed by atoms with Crippen molar-refractivity contribution in [1.29, 1.82) is 0 Å². The summed E-state index contributed by atoms with van der Waals surface area (Å²) in [6.07, 6.45) is 14.1. The fourth-order valence-electron chi connectivity index (χ4n) is 2.31. The third-order valence-electron chi connectivity index (χ3n) is 3.88. The lowest BCUT2D eigenvalue weighted by molar-refractivity contribution is 1.29. The van der Waals surface area contributed by atoms with Gasteiger partial charge in [0.05, 0.1) is 0 Å². The van der Waals surface area contributed by atoms with E-state index in [2.05, 4.69) is 86.1 Å². The number of rotatable bonds is 4. The van der Waals surface area contributed by atoms with Crippen molar-refractivity contribution in [3.8, 4) is 0 Å². The zero-order chi connectivity index (χ0) is 15.6. The van der Waals surface area contributed by atoms with Crippen molar-refractivity contribution in [1.82, 2.24) is 0 Å². The standard InChI is InChI=1S/C18H28S3/c1-19(2)15-7-11-17(12-8-15)21(5,6)18-13-9-16(10-14-18)20(3)4/h7-14,19-20H,1-6H3. The maximum atomic E-state index is 2.40. The molecule has 0 heterocycles. The van der Waals surface area contributed by atoms with Gasteiger partial charge in [0.1, 0.15) is 0 Å². The van der Waals surface area contributed by atoms with Crippen molar-refractivity contribution in [3.05, 3.63) is 48.5 Å². The molecule has 0 aliphatic carbocycles. The molecule has 0 bridgehead atoms. The third-order valence-corrected chi connectivity index (χ3v) is 9.45. The molecule has 0 amide bonds. The smallest absolute Gasteiger partial charge is 0.00634 e. The highest BCUT2D eigenvalue weighted by molar-refractivity contribution is 8.32. The Kier molecular flexibility index (Phi) is 5.39. The average Bonchev–Trinajstić information content (AvgIpc) is 2.47. The molecule has 0 spiro atoms. The lowest BCUT2D eigenvalue weighted by Crippen LogP contribution is -1.98. The molecule has 0 aromatic heterocycles. The largest absolute Gasteiger partial charge is 0.233 e. The van der Waals surface area contributed by atoms with Gasteiger partial charge in [-0.25, -0.2) is 21.8 Å². The minimum atomic E-state index is -0.909. The number of thiol groups is 2. The summed E-state index contributed by atoms with van der Waals surface area (Å²) in [5, 5.41) is 0. The molecule has 0 atom stereocenters. The molecule has 0 N–H and O–H groups in total. The summed E-state index contributed by atoms with van der Waals surface area (Å²) in [4.78, 5) is 5.93. The molecule has 2 rings (SSSR count). The highest BCUT2D eigenvalue weighted by Crippen LogP contribution is 2.57. The second-order valence-electron chi connectivity index (χ2n) is 6.10. The first kappa shape index (κ1) is 16.9. The monoisotopic (exact) mass is 340 g/mol. The molecule has 3 heteroatoms. The van der Waals surface area contributed by atoms with Crippen molar-refractivity contribution < 1.29 is 0 Å². The average molecular weight is 341 g/mol. The van der Waals surface area contributed by atoms with E-state index in [4.69, 9.17) is 0 Å². The van der Waals surface area contributed by atoms with E-state index < -0.39 is 10.0 Å². The molecule has 2 aromatic carbocycles. The molecule has 0 aliphatic heterocycles. The molecule has 0 saturated carbocycles. The molecular formula is C18H28S3. The predicted octanol–water partition coefficient (Wildman–Crippen LogP) is 5.41. The summed E-state index contributed by atoms with van der Waals surface area (Å²) in [5.74, 6) is 0. The molecule has 0 aliphatic rings. The zero-order valence-corrected chi connectivity index (χ0v) is 16.5. The minimum Gasteiger partial charge on any atom is -0.233 e. The van der Waals surface area contributed by atoms with Crippen LogP contribution >= 0.6 is 31.8 Å². The molecule has 0 fully saturated rings. The second-order valence-corrected chi connectivity index (χ2v) is 14.3. The third kappa shape index (κ3) is 3.82. The first-order valence-electron chi connectivity index (χ1n) is 7.10. The van der Waals surface area contributed by atoms with Crippen LogP contribution in [0, 0.1) is 0 Å². The Labute approximate surface area is 137 Å². The summed E-state index contributed by atoms with van der Waals surface area (Å²) in [6, 6.07) is 18.6. The van der Waals surface area contributed by atoms with Gasteiger partial charge >= 0.3 is 0 Å². The Balaban J connectivity index is 2.31. The van der Waals surface area contributed by atoms with Crippen LogP contribution in [0.15, 0.2) is 68.1 Å². The highest BCUT2D eigenvalue weighted by Gasteiger charge is 2.17. The summed E-state index contributed by atoms with van der Waals surface area (Å²) >= 11 is 0. The van der Waals surface area contributed by atoms with Crippen molar-refractivity contribution in [3.63, 3.8) is 0 Å². The maximum absolute atomic E-state index is 2.40. The summed E-state index contributed by atoms with van der Waals surface area (Å²) < 4.78 is 0. The number of benzene rings is 2. The number of hydrogen-bond donors (Lipinski definition) is 2. The minimum absolute atomic E-state index is 0.00166. The quantitative estimate of drug-likeness (QED) is 0.683. The van der Waals surface area contributed by atoms with Crippen LogP contribution in [-0.2, 0) is 0 Å². The van der Waals surface area contributed by atoms with Crippen LogP contribution in [0.3, 0.4) is 0 Å². The molecule has 21 heavy (non-hydrogen) atoms. The Morgan fingerprint density at radius 1 is 0.571 bits per heavy atom. The van der Waals surface area contributed by atoms with E-state index in [1.807, 2.05) is 0 Å². The molecule has 0 saturated heterocycles. The van der Waals surface area contributed by atoms with Crippen molar-refractivity contribution in [2.75, 3.05) is 37.5 Å². The van der Waals surface area contributed by atoms with E-state index in [9.17, 15) is 0 Å². The van der Waals surface area contributed by atoms with Gasteiger partial charge in [-0.1, -0.05) is 0 Å². The normalized spacial score (nSPS) is 13.8. The Hall–Kier alpha value is -0.510. The van der Waals surface area contributed by atoms with Crippen LogP contribution in [0.2, 0.25) is 0 Å². The van der Waals surface area contributed by atoms with Crippen molar-refractivity contribution in [2.24, 2.45) is 0 Å². The predicted molar refractivity (Wildman–Crippen MR) is 107 cm³/mol. The SMILES string of the molecule is C[SH](C)c1ccc(S(C)(C)c2ccc([SH](C)C)cc2)cc1. The fourth-order valence-corrected chi connectivity index (χ4v) is 5.70. The van der Waals surface area contributed by atoms with Crippen molar-refractivity contribution >= 4 is 31.8 Å². The highest BCUT2D eigenvalue weighted by atomic mass is 32.3. The molecule has 0 unspecified atom stereocenters. The van der Waals surface area contributed by atoms with E-state index >= 15 is 0 Å². The van der Waals surface area contributed by atoms with E-state index in [0.717, 1.165) is 0 Å². The Morgan fingerprint density at radius 3 is 1.10 bits per heavy atom. The van der Waals surface area contributed by atoms with Crippen LogP contribution < -0.4 is 0 Å². The van der Waals surface area contributed by atoms with Gasteiger partial charge in [-0.15, -0.1) is 0 Å². The molecular weight excluding hydrogens is 312 g/mol. The van der Waals surface area contributed by atoms with Gasteiger partial charge in [0, 0.05) is 0 Å². The fraction of sp³-hybridized carbons (Fsp3) is 0.333. The van der Waals surface area contributed by atoms with Crippen LogP contribution in [0.1, 0.15) is 0 Å². The first-order valence-corrected chi connectivity index (χ1v) is 14.0. The van der Waals surface area contributed by atoms with E-state index in [1.165, 1.54) is 19.6 Å². The van der Waals surface area contributed by atoms with Crippen LogP contribution in [0.5, 0.6) is 0 Å². The molecule has 0 radical (unpaired) electrons. The maximum Gasteiger partial charge on any atom is -0.00634 e. The topological polar surface area (TPSA) is 0 Å². The van der Waals surface area contributed by atoms with E-state index in [-0.39, 0.29) is 21.8 Å². The molecule has 0 nitrogen and oxygen atoms in total. The van der Waals surface area contributed by atoms with E-state index in [0.29, 0.717) is 0 Å². The van der Waals surface area contributed by atoms with Gasteiger partial charge in [-0.3, -0.25) is 0 Å². The van der Waals surface area contributed by atoms with Crippen LogP contribution in [0.4, 0.5) is 0 Å². The Morgan fingerprint density at radius 2 is 0.857 bits per heavy atom. The Bertz CT molecular complexity index is 527. The summed E-state index contributed by atoms with van der Waals surface area (Å²) in [7, 11) is -0.906. The van der Waals surface area contributed by atoms with Gasteiger partial charge in [0.15, 0.2) is 0 Å².